The molecule has 0 amide bonds. The number of carbonyl (C=O) groups is 1. The van der Waals surface area contributed by atoms with Gasteiger partial charge in [0.25, 0.3) is 0 Å². The first-order valence-electron chi connectivity index (χ1n) is 5.27. The van der Waals surface area contributed by atoms with E-state index in [0.717, 1.165) is 11.3 Å². The summed E-state index contributed by atoms with van der Waals surface area (Å²) in [6.07, 6.45) is 4.82. The SMILES string of the molecule is CC(=O)c1onc(C2CC2)c1C1CC1. The Balaban J connectivity index is 2.06. The normalized spacial score (nSPS) is 21.2. The summed E-state index contributed by atoms with van der Waals surface area (Å²) in [6.45, 7) is 1.56. The van der Waals surface area contributed by atoms with Crippen molar-refractivity contribution in [2.24, 2.45) is 0 Å². The summed E-state index contributed by atoms with van der Waals surface area (Å²) in [5, 5.41) is 4.06. The van der Waals surface area contributed by atoms with Crippen molar-refractivity contribution in [1.82, 2.24) is 5.16 Å². The number of Topliss-reactive ketones (excluding diaryl/α,β-unsaturated/α-hetero) is 1. The predicted octanol–water partition coefficient (Wildman–Crippen LogP) is 2.63. The third-order valence-corrected chi connectivity index (χ3v) is 3.03. The van der Waals surface area contributed by atoms with Gasteiger partial charge in [-0.05, 0) is 31.6 Å². The third kappa shape index (κ3) is 1.19. The van der Waals surface area contributed by atoms with Gasteiger partial charge in [0.15, 0.2) is 5.78 Å². The largest absolute Gasteiger partial charge is 0.353 e. The van der Waals surface area contributed by atoms with Gasteiger partial charge >= 0.3 is 0 Å². The van der Waals surface area contributed by atoms with Gasteiger partial charge in [-0.15, -0.1) is 0 Å². The Labute approximate surface area is 82.5 Å². The maximum absolute atomic E-state index is 11.3. The predicted molar refractivity (Wildman–Crippen MR) is 50.5 cm³/mol. The molecule has 0 saturated heterocycles. The highest BCUT2D eigenvalue weighted by Crippen LogP contribution is 2.50. The molecule has 0 bridgehead atoms. The highest BCUT2D eigenvalue weighted by Gasteiger charge is 2.39. The minimum atomic E-state index is 0.0197. The summed E-state index contributed by atoms with van der Waals surface area (Å²) < 4.78 is 5.16. The average molecular weight is 191 g/mol. The zero-order chi connectivity index (χ0) is 9.71. The molecular formula is C11H13NO2. The Bertz CT molecular complexity index is 386. The van der Waals surface area contributed by atoms with Crippen molar-refractivity contribution in [3.05, 3.63) is 17.0 Å². The molecule has 3 heteroatoms. The molecule has 2 aliphatic carbocycles. The van der Waals surface area contributed by atoms with E-state index in [-0.39, 0.29) is 5.78 Å². The van der Waals surface area contributed by atoms with Gasteiger partial charge in [0.2, 0.25) is 5.76 Å². The summed E-state index contributed by atoms with van der Waals surface area (Å²) in [5.41, 5.74) is 2.22. The maximum atomic E-state index is 11.3. The molecule has 0 N–H and O–H groups in total. The molecule has 0 radical (unpaired) electrons. The number of carbonyl (C=O) groups excluding carboxylic acids is 1. The van der Waals surface area contributed by atoms with Crippen LogP contribution < -0.4 is 0 Å². The zero-order valence-electron chi connectivity index (χ0n) is 8.25. The van der Waals surface area contributed by atoms with Crippen LogP contribution in [0, 0.1) is 0 Å². The molecule has 3 rings (SSSR count). The Morgan fingerprint density at radius 3 is 2.43 bits per heavy atom. The van der Waals surface area contributed by atoms with Gasteiger partial charge in [0.05, 0.1) is 5.69 Å². The van der Waals surface area contributed by atoms with E-state index >= 15 is 0 Å². The zero-order valence-corrected chi connectivity index (χ0v) is 8.25. The molecule has 3 nitrogen and oxygen atoms in total. The van der Waals surface area contributed by atoms with Crippen LogP contribution in [0.2, 0.25) is 0 Å². The standard InChI is InChI=1S/C11H13NO2/c1-6(13)11-9(7-2-3-7)10(12-14-11)8-4-5-8/h7-8H,2-5H2,1H3. The molecule has 1 heterocycles. The lowest BCUT2D eigenvalue weighted by molar-refractivity contribution is 0.0977. The van der Waals surface area contributed by atoms with E-state index < -0.39 is 0 Å². The molecule has 0 aliphatic heterocycles. The van der Waals surface area contributed by atoms with Crippen molar-refractivity contribution < 1.29 is 9.32 Å². The highest BCUT2D eigenvalue weighted by molar-refractivity contribution is 5.93. The van der Waals surface area contributed by atoms with E-state index in [1.54, 1.807) is 6.92 Å². The molecular weight excluding hydrogens is 178 g/mol. The molecule has 0 atom stereocenters. The summed E-state index contributed by atoms with van der Waals surface area (Å²) in [7, 11) is 0. The van der Waals surface area contributed by atoms with E-state index in [1.165, 1.54) is 25.7 Å². The van der Waals surface area contributed by atoms with Crippen molar-refractivity contribution in [2.45, 2.75) is 44.4 Å². The molecule has 0 aromatic carbocycles. The van der Waals surface area contributed by atoms with Crippen LogP contribution in [0.4, 0.5) is 0 Å². The number of aromatic nitrogens is 1. The van der Waals surface area contributed by atoms with Crippen molar-refractivity contribution >= 4 is 5.78 Å². The quantitative estimate of drug-likeness (QED) is 0.690. The smallest absolute Gasteiger partial charge is 0.205 e. The second-order valence-electron chi connectivity index (χ2n) is 4.42. The van der Waals surface area contributed by atoms with Crippen LogP contribution in [0.1, 0.15) is 66.3 Å². The minimum Gasteiger partial charge on any atom is -0.353 e. The topological polar surface area (TPSA) is 43.1 Å². The molecule has 0 spiro atoms. The van der Waals surface area contributed by atoms with Gasteiger partial charge in [-0.3, -0.25) is 4.79 Å². The first-order valence-corrected chi connectivity index (χ1v) is 5.27. The van der Waals surface area contributed by atoms with Crippen molar-refractivity contribution in [1.29, 1.82) is 0 Å². The fourth-order valence-corrected chi connectivity index (χ4v) is 1.98. The number of hydrogen-bond acceptors (Lipinski definition) is 3. The molecule has 2 saturated carbocycles. The second-order valence-corrected chi connectivity index (χ2v) is 4.42. The van der Waals surface area contributed by atoms with Gasteiger partial charge < -0.3 is 4.52 Å². The van der Waals surface area contributed by atoms with E-state index in [1.807, 2.05) is 0 Å². The molecule has 2 fully saturated rings. The average Bonchev–Trinajstić information content (AvgIpc) is 3.03. The third-order valence-electron chi connectivity index (χ3n) is 3.03. The lowest BCUT2D eigenvalue weighted by Gasteiger charge is -1.97. The van der Waals surface area contributed by atoms with Crippen molar-refractivity contribution in [2.75, 3.05) is 0 Å². The van der Waals surface area contributed by atoms with Gasteiger partial charge in [-0.2, -0.15) is 0 Å². The van der Waals surface area contributed by atoms with Crippen LogP contribution in [0.3, 0.4) is 0 Å². The van der Waals surface area contributed by atoms with Gasteiger partial charge in [-0.25, -0.2) is 0 Å². The second kappa shape index (κ2) is 2.69. The highest BCUT2D eigenvalue weighted by atomic mass is 16.5. The lowest BCUT2D eigenvalue weighted by Crippen LogP contribution is -1.96. The molecule has 0 unspecified atom stereocenters. The van der Waals surface area contributed by atoms with E-state index in [4.69, 9.17) is 4.52 Å². The minimum absolute atomic E-state index is 0.0197. The van der Waals surface area contributed by atoms with Crippen LogP contribution in [0.5, 0.6) is 0 Å². The van der Waals surface area contributed by atoms with Gasteiger partial charge in [0, 0.05) is 18.4 Å². The van der Waals surface area contributed by atoms with Gasteiger partial charge in [0.1, 0.15) is 0 Å². The number of nitrogens with zero attached hydrogens (tertiary/aromatic N) is 1. The summed E-state index contributed by atoms with van der Waals surface area (Å²) in [4.78, 5) is 11.3. The van der Waals surface area contributed by atoms with E-state index in [9.17, 15) is 4.79 Å². The Morgan fingerprint density at radius 2 is 1.93 bits per heavy atom. The van der Waals surface area contributed by atoms with Crippen LogP contribution in [0.25, 0.3) is 0 Å². The number of rotatable bonds is 3. The molecule has 14 heavy (non-hydrogen) atoms. The van der Waals surface area contributed by atoms with Crippen LogP contribution in [0.15, 0.2) is 4.52 Å². The monoisotopic (exact) mass is 191 g/mol. The van der Waals surface area contributed by atoms with Crippen molar-refractivity contribution in [3.8, 4) is 0 Å². The molecule has 1 aromatic rings. The Kier molecular flexibility index (Phi) is 1.58. The number of hydrogen-bond donors (Lipinski definition) is 0. The maximum Gasteiger partial charge on any atom is 0.205 e. The fraction of sp³-hybridized carbons (Fsp3) is 0.636. The summed E-state index contributed by atoms with van der Waals surface area (Å²) >= 11 is 0. The number of ketones is 1. The van der Waals surface area contributed by atoms with Crippen LogP contribution in [-0.4, -0.2) is 10.9 Å². The summed E-state index contributed by atoms with van der Waals surface area (Å²) in [5.74, 6) is 1.69. The van der Waals surface area contributed by atoms with E-state index in [0.29, 0.717) is 17.6 Å². The van der Waals surface area contributed by atoms with Crippen LogP contribution >= 0.6 is 0 Å². The Hall–Kier alpha value is -1.12. The van der Waals surface area contributed by atoms with E-state index in [2.05, 4.69) is 5.16 Å². The fourth-order valence-electron chi connectivity index (χ4n) is 1.98. The van der Waals surface area contributed by atoms with Crippen molar-refractivity contribution in [3.63, 3.8) is 0 Å². The molecule has 2 aliphatic rings. The van der Waals surface area contributed by atoms with Gasteiger partial charge in [-0.1, -0.05) is 5.16 Å². The lowest BCUT2D eigenvalue weighted by atomic mass is 10.0. The molecule has 74 valence electrons. The Morgan fingerprint density at radius 1 is 1.29 bits per heavy atom. The first kappa shape index (κ1) is 8.21. The summed E-state index contributed by atoms with van der Waals surface area (Å²) in [6, 6.07) is 0. The first-order chi connectivity index (χ1) is 6.77. The molecule has 1 aromatic heterocycles. The van der Waals surface area contributed by atoms with Crippen LogP contribution in [-0.2, 0) is 0 Å².